The topological polar surface area (TPSA) is 24.4 Å². The van der Waals surface area contributed by atoms with E-state index in [4.69, 9.17) is 12.2 Å². The number of nitrogens with zero attached hydrogens (tertiary/aromatic N) is 1. The summed E-state index contributed by atoms with van der Waals surface area (Å²) in [4.78, 5) is 4.00. The van der Waals surface area contributed by atoms with Crippen LogP contribution in [0, 0.1) is 0 Å². The highest BCUT2D eigenvalue weighted by Gasteiger charge is 2.14. The Kier molecular flexibility index (Phi) is 2.42. The average molecular weight is 255 g/mol. The summed E-state index contributed by atoms with van der Waals surface area (Å²) in [5, 5.41) is 3.65. The first-order valence-electron chi connectivity index (χ1n) is 3.86. The van der Waals surface area contributed by atoms with Crippen LogP contribution in [0.15, 0.2) is 33.7 Å². The highest BCUT2D eigenvalue weighted by Crippen LogP contribution is 2.19. The van der Waals surface area contributed by atoms with Crippen LogP contribution in [0.5, 0.6) is 0 Å². The molecule has 1 atom stereocenters. The van der Waals surface area contributed by atoms with Gasteiger partial charge in [0.15, 0.2) is 5.11 Å². The second-order valence-corrected chi connectivity index (χ2v) is 4.06. The predicted molar refractivity (Wildman–Crippen MR) is 61.1 cm³/mol. The third-order valence-electron chi connectivity index (χ3n) is 1.83. The van der Waals surface area contributed by atoms with Crippen LogP contribution in [0.4, 0.5) is 0 Å². The molecule has 2 rings (SSSR count). The molecule has 0 spiro atoms. The van der Waals surface area contributed by atoms with E-state index in [-0.39, 0.29) is 6.04 Å². The maximum absolute atomic E-state index is 4.91. The van der Waals surface area contributed by atoms with Gasteiger partial charge in [0.05, 0.1) is 6.04 Å². The zero-order chi connectivity index (χ0) is 9.26. The van der Waals surface area contributed by atoms with Crippen LogP contribution in [0.1, 0.15) is 11.6 Å². The highest BCUT2D eigenvalue weighted by molar-refractivity contribution is 9.10. The van der Waals surface area contributed by atoms with Crippen LogP contribution in [-0.4, -0.2) is 11.3 Å². The third kappa shape index (κ3) is 1.95. The van der Waals surface area contributed by atoms with Gasteiger partial charge in [-0.15, -0.1) is 0 Å². The molecule has 0 amide bonds. The lowest BCUT2D eigenvalue weighted by molar-refractivity contribution is 0.880. The Hall–Kier alpha value is -0.740. The number of nitrogens with one attached hydrogen (secondary N) is 1. The van der Waals surface area contributed by atoms with Crippen molar-refractivity contribution >= 4 is 39.5 Å². The molecule has 1 unspecified atom stereocenters. The second kappa shape index (κ2) is 3.55. The lowest BCUT2D eigenvalue weighted by atomic mass is 10.1. The molecule has 2 nitrogen and oxygen atoms in total. The smallest absolute Gasteiger partial charge is 0.193 e. The van der Waals surface area contributed by atoms with E-state index >= 15 is 0 Å². The van der Waals surface area contributed by atoms with Crippen molar-refractivity contribution in [2.45, 2.75) is 6.04 Å². The number of benzene rings is 1. The molecule has 0 saturated heterocycles. The third-order valence-corrected chi connectivity index (χ3v) is 2.54. The lowest BCUT2D eigenvalue weighted by Crippen LogP contribution is -2.19. The quantitative estimate of drug-likeness (QED) is 0.779. The molecule has 1 aliphatic rings. The molecular weight excluding hydrogens is 248 g/mol. The maximum atomic E-state index is 4.91. The van der Waals surface area contributed by atoms with Crippen LogP contribution in [0.2, 0.25) is 0 Å². The second-order valence-electron chi connectivity index (χ2n) is 2.76. The van der Waals surface area contributed by atoms with Gasteiger partial charge in [0, 0.05) is 10.7 Å². The number of hydrogen-bond donors (Lipinski definition) is 1. The van der Waals surface area contributed by atoms with Gasteiger partial charge in [0.1, 0.15) is 0 Å². The van der Waals surface area contributed by atoms with Crippen LogP contribution >= 0.6 is 28.1 Å². The Labute approximate surface area is 90.2 Å². The fourth-order valence-corrected chi connectivity index (χ4v) is 1.82. The van der Waals surface area contributed by atoms with Crippen molar-refractivity contribution < 1.29 is 0 Å². The first-order valence-corrected chi connectivity index (χ1v) is 5.06. The molecule has 66 valence electrons. The molecule has 0 radical (unpaired) electrons. The van der Waals surface area contributed by atoms with E-state index in [0.717, 1.165) is 10.0 Å². The van der Waals surface area contributed by atoms with Gasteiger partial charge < -0.3 is 5.32 Å². The number of hydrogen-bond acceptors (Lipinski definition) is 1. The van der Waals surface area contributed by atoms with Crippen LogP contribution in [0.25, 0.3) is 0 Å². The zero-order valence-corrected chi connectivity index (χ0v) is 9.10. The maximum Gasteiger partial charge on any atom is 0.193 e. The van der Waals surface area contributed by atoms with Gasteiger partial charge >= 0.3 is 0 Å². The van der Waals surface area contributed by atoms with Crippen molar-refractivity contribution in [3.05, 3.63) is 34.3 Å². The first kappa shape index (κ1) is 8.84. The number of aliphatic imine (C=N–C) groups is 1. The van der Waals surface area contributed by atoms with E-state index in [1.54, 1.807) is 0 Å². The Morgan fingerprint density at radius 2 is 2.31 bits per heavy atom. The van der Waals surface area contributed by atoms with Crippen LogP contribution in [-0.2, 0) is 0 Å². The molecule has 4 heteroatoms. The SMILES string of the molecule is S=C1N=CC(c2cccc(Br)c2)N1. The van der Waals surface area contributed by atoms with Gasteiger partial charge in [-0.2, -0.15) is 0 Å². The summed E-state index contributed by atoms with van der Waals surface area (Å²) < 4.78 is 1.07. The molecule has 0 saturated carbocycles. The Balaban J connectivity index is 2.27. The average Bonchev–Trinajstić information content (AvgIpc) is 2.52. The van der Waals surface area contributed by atoms with E-state index in [2.05, 4.69) is 32.3 Å². The normalized spacial score (nSPS) is 20.4. The van der Waals surface area contributed by atoms with Crippen molar-refractivity contribution in [2.24, 2.45) is 4.99 Å². The Morgan fingerprint density at radius 3 is 2.92 bits per heavy atom. The van der Waals surface area contributed by atoms with Gasteiger partial charge in [-0.05, 0) is 29.9 Å². The van der Waals surface area contributed by atoms with Crippen molar-refractivity contribution in [2.75, 3.05) is 0 Å². The molecule has 1 aliphatic heterocycles. The van der Waals surface area contributed by atoms with Gasteiger partial charge in [-0.25, -0.2) is 4.99 Å². The highest BCUT2D eigenvalue weighted by atomic mass is 79.9. The molecule has 0 fully saturated rings. The van der Waals surface area contributed by atoms with Crippen molar-refractivity contribution in [3.63, 3.8) is 0 Å². The summed E-state index contributed by atoms with van der Waals surface area (Å²) in [7, 11) is 0. The molecule has 1 aromatic rings. The number of rotatable bonds is 1. The van der Waals surface area contributed by atoms with E-state index in [1.807, 2.05) is 24.4 Å². The summed E-state index contributed by atoms with van der Waals surface area (Å²) in [6.07, 6.45) is 1.82. The standard InChI is InChI=1S/C9H7BrN2S/c10-7-3-1-2-6(4-7)8-5-11-9(13)12-8/h1-5,8H,(H,12,13). The van der Waals surface area contributed by atoms with E-state index in [0.29, 0.717) is 5.11 Å². The molecular formula is C9H7BrN2S. The molecule has 1 N–H and O–H groups in total. The van der Waals surface area contributed by atoms with E-state index in [1.165, 1.54) is 0 Å². The van der Waals surface area contributed by atoms with E-state index in [9.17, 15) is 0 Å². The van der Waals surface area contributed by atoms with Crippen LogP contribution in [0.3, 0.4) is 0 Å². The predicted octanol–water partition coefficient (Wildman–Crippen LogP) is 2.45. The minimum absolute atomic E-state index is 0.130. The molecule has 1 heterocycles. The van der Waals surface area contributed by atoms with Crippen molar-refractivity contribution in [1.29, 1.82) is 0 Å². The van der Waals surface area contributed by atoms with E-state index < -0.39 is 0 Å². The first-order chi connectivity index (χ1) is 6.25. The van der Waals surface area contributed by atoms with Crippen molar-refractivity contribution in [3.8, 4) is 0 Å². The van der Waals surface area contributed by atoms with Crippen molar-refractivity contribution in [1.82, 2.24) is 5.32 Å². The van der Waals surface area contributed by atoms with Gasteiger partial charge in [-0.3, -0.25) is 0 Å². The Morgan fingerprint density at radius 1 is 1.46 bits per heavy atom. The van der Waals surface area contributed by atoms with Gasteiger partial charge in [-0.1, -0.05) is 28.1 Å². The largest absolute Gasteiger partial charge is 0.349 e. The fraction of sp³-hybridized carbons (Fsp3) is 0.111. The summed E-state index contributed by atoms with van der Waals surface area (Å²) in [6, 6.07) is 8.22. The summed E-state index contributed by atoms with van der Waals surface area (Å²) in [6.45, 7) is 0. The fourth-order valence-electron chi connectivity index (χ4n) is 1.22. The van der Waals surface area contributed by atoms with Gasteiger partial charge in [0.25, 0.3) is 0 Å². The van der Waals surface area contributed by atoms with Crippen LogP contribution < -0.4 is 5.32 Å². The lowest BCUT2D eigenvalue weighted by Gasteiger charge is -2.08. The van der Waals surface area contributed by atoms with Gasteiger partial charge in [0.2, 0.25) is 0 Å². The molecule has 0 aromatic heterocycles. The summed E-state index contributed by atoms with van der Waals surface area (Å²) >= 11 is 8.33. The molecule has 13 heavy (non-hydrogen) atoms. The summed E-state index contributed by atoms with van der Waals surface area (Å²) in [5.74, 6) is 0. The zero-order valence-electron chi connectivity index (χ0n) is 6.70. The minimum Gasteiger partial charge on any atom is -0.349 e. The number of halogens is 1. The minimum atomic E-state index is 0.130. The molecule has 0 bridgehead atoms. The number of thiocarbonyl (C=S) groups is 1. The Bertz CT molecular complexity index is 376. The molecule has 1 aromatic carbocycles. The molecule has 0 aliphatic carbocycles. The summed E-state index contributed by atoms with van der Waals surface area (Å²) in [5.41, 5.74) is 1.16. The monoisotopic (exact) mass is 254 g/mol.